The number of amides is 1. The maximum absolute atomic E-state index is 14.0. The quantitative estimate of drug-likeness (QED) is 0.801. The van der Waals surface area contributed by atoms with Crippen molar-refractivity contribution in [1.82, 2.24) is 20.5 Å². The lowest BCUT2D eigenvalue weighted by Gasteiger charge is -2.33. The minimum atomic E-state index is -0.221. The van der Waals surface area contributed by atoms with E-state index in [0.717, 1.165) is 69.5 Å². The molecule has 152 valence electrons. The highest BCUT2D eigenvalue weighted by atomic mass is 35.5. The molecule has 0 radical (unpaired) electrons. The van der Waals surface area contributed by atoms with Crippen LogP contribution in [0, 0.1) is 11.7 Å². The second-order valence-corrected chi connectivity index (χ2v) is 7.74. The lowest BCUT2D eigenvalue weighted by molar-refractivity contribution is -0.123. The fourth-order valence-corrected chi connectivity index (χ4v) is 4.30. The van der Waals surface area contributed by atoms with E-state index in [2.05, 4.69) is 20.5 Å². The van der Waals surface area contributed by atoms with Gasteiger partial charge in [0.1, 0.15) is 5.82 Å². The Morgan fingerprint density at radius 1 is 1.29 bits per heavy atom. The molecule has 1 aromatic carbocycles. The van der Waals surface area contributed by atoms with Crippen molar-refractivity contribution in [3.8, 4) is 0 Å². The topological polar surface area (TPSA) is 57.3 Å². The van der Waals surface area contributed by atoms with Crippen molar-refractivity contribution in [2.75, 3.05) is 26.2 Å². The number of rotatable bonds is 5. The van der Waals surface area contributed by atoms with Gasteiger partial charge in [0.25, 0.3) is 0 Å². The largest absolute Gasteiger partial charge is 0.354 e. The Balaban J connectivity index is 0.00000225. The standard InChI is InChI=1S/C21H27FN4O.ClH/c22-18-8-7-16(20-17(18)5-1-10-24-20)14-26-11-3-4-15(13-26)12-25-21(27)19-6-2-9-23-19;/h1,5,7-8,10,15,19,23H,2-4,6,9,11-14H2,(H,25,27);1H. The third kappa shape index (κ3) is 4.80. The van der Waals surface area contributed by atoms with Crippen LogP contribution in [0.25, 0.3) is 10.9 Å². The minimum Gasteiger partial charge on any atom is -0.354 e. The van der Waals surface area contributed by atoms with Crippen LogP contribution in [-0.2, 0) is 11.3 Å². The highest BCUT2D eigenvalue weighted by molar-refractivity contribution is 5.85. The molecule has 3 heterocycles. The molecule has 2 aliphatic rings. The molecule has 1 aromatic heterocycles. The molecule has 2 aliphatic heterocycles. The Morgan fingerprint density at radius 3 is 3.00 bits per heavy atom. The molecule has 2 unspecified atom stereocenters. The third-order valence-electron chi connectivity index (χ3n) is 5.74. The molecule has 7 heteroatoms. The second-order valence-electron chi connectivity index (χ2n) is 7.74. The summed E-state index contributed by atoms with van der Waals surface area (Å²) in [5.74, 6) is 0.378. The minimum absolute atomic E-state index is 0. The van der Waals surface area contributed by atoms with Gasteiger partial charge in [-0.1, -0.05) is 6.07 Å². The van der Waals surface area contributed by atoms with Crippen LogP contribution in [-0.4, -0.2) is 48.0 Å². The van der Waals surface area contributed by atoms with Crippen LogP contribution in [0.1, 0.15) is 31.2 Å². The number of hydrogen-bond donors (Lipinski definition) is 2. The van der Waals surface area contributed by atoms with Crippen molar-refractivity contribution in [2.24, 2.45) is 5.92 Å². The zero-order valence-electron chi connectivity index (χ0n) is 16.0. The van der Waals surface area contributed by atoms with Crippen LogP contribution in [0.2, 0.25) is 0 Å². The lowest BCUT2D eigenvalue weighted by atomic mass is 9.97. The van der Waals surface area contributed by atoms with Crippen LogP contribution in [0.15, 0.2) is 30.5 Å². The van der Waals surface area contributed by atoms with Crippen LogP contribution >= 0.6 is 12.4 Å². The number of carbonyl (C=O) groups excluding carboxylic acids is 1. The zero-order chi connectivity index (χ0) is 18.6. The van der Waals surface area contributed by atoms with E-state index >= 15 is 0 Å². The monoisotopic (exact) mass is 406 g/mol. The van der Waals surface area contributed by atoms with E-state index in [4.69, 9.17) is 0 Å². The van der Waals surface area contributed by atoms with Crippen LogP contribution in [0.5, 0.6) is 0 Å². The van der Waals surface area contributed by atoms with Crippen LogP contribution in [0.3, 0.4) is 0 Å². The molecule has 5 nitrogen and oxygen atoms in total. The number of hydrogen-bond acceptors (Lipinski definition) is 4. The number of nitrogens with one attached hydrogen (secondary N) is 2. The maximum atomic E-state index is 14.0. The number of benzene rings is 1. The highest BCUT2D eigenvalue weighted by Crippen LogP contribution is 2.23. The molecule has 0 bridgehead atoms. The first-order chi connectivity index (χ1) is 13.2. The average Bonchev–Trinajstić information content (AvgIpc) is 3.24. The summed E-state index contributed by atoms with van der Waals surface area (Å²) in [6.07, 6.45) is 5.99. The number of nitrogens with zero attached hydrogens (tertiary/aromatic N) is 2. The molecule has 2 N–H and O–H groups in total. The van der Waals surface area contributed by atoms with E-state index in [1.54, 1.807) is 18.3 Å². The van der Waals surface area contributed by atoms with Crippen LogP contribution in [0.4, 0.5) is 4.39 Å². The maximum Gasteiger partial charge on any atom is 0.237 e. The Morgan fingerprint density at radius 2 is 2.18 bits per heavy atom. The van der Waals surface area contributed by atoms with Gasteiger partial charge in [0.05, 0.1) is 11.6 Å². The van der Waals surface area contributed by atoms with Gasteiger partial charge < -0.3 is 10.6 Å². The van der Waals surface area contributed by atoms with E-state index in [1.807, 2.05) is 6.07 Å². The summed E-state index contributed by atoms with van der Waals surface area (Å²) in [5, 5.41) is 6.96. The van der Waals surface area contributed by atoms with E-state index < -0.39 is 0 Å². The summed E-state index contributed by atoms with van der Waals surface area (Å²) >= 11 is 0. The van der Waals surface area contributed by atoms with Gasteiger partial charge in [-0.15, -0.1) is 12.4 Å². The lowest BCUT2D eigenvalue weighted by Crippen LogP contribution is -2.45. The number of aromatic nitrogens is 1. The molecule has 2 fully saturated rings. The number of piperidine rings is 1. The highest BCUT2D eigenvalue weighted by Gasteiger charge is 2.25. The first-order valence-corrected chi connectivity index (χ1v) is 9.96. The van der Waals surface area contributed by atoms with Crippen molar-refractivity contribution in [3.63, 3.8) is 0 Å². The molecular weight excluding hydrogens is 379 g/mol. The fraction of sp³-hybridized carbons (Fsp3) is 0.524. The van der Waals surface area contributed by atoms with Gasteiger partial charge in [-0.2, -0.15) is 0 Å². The summed E-state index contributed by atoms with van der Waals surface area (Å²) in [5.41, 5.74) is 1.81. The summed E-state index contributed by atoms with van der Waals surface area (Å²) in [6, 6.07) is 6.93. The van der Waals surface area contributed by atoms with Gasteiger partial charge >= 0.3 is 0 Å². The number of likely N-dealkylation sites (tertiary alicyclic amines) is 1. The van der Waals surface area contributed by atoms with Gasteiger partial charge in [0.2, 0.25) is 5.91 Å². The third-order valence-corrected chi connectivity index (χ3v) is 5.74. The van der Waals surface area contributed by atoms with Crippen molar-refractivity contribution >= 4 is 29.2 Å². The number of carbonyl (C=O) groups is 1. The van der Waals surface area contributed by atoms with Crippen LogP contribution < -0.4 is 10.6 Å². The Bertz CT molecular complexity index is 812. The van der Waals surface area contributed by atoms with Crippen molar-refractivity contribution in [3.05, 3.63) is 41.8 Å². The van der Waals surface area contributed by atoms with Crippen molar-refractivity contribution < 1.29 is 9.18 Å². The Hall–Kier alpha value is -1.76. The fourth-order valence-electron chi connectivity index (χ4n) is 4.30. The SMILES string of the molecule is Cl.O=C(NCC1CCCN(Cc2ccc(F)c3cccnc23)C1)C1CCCN1. The molecule has 4 rings (SSSR count). The molecule has 0 aliphatic carbocycles. The molecule has 2 aromatic rings. The van der Waals surface area contributed by atoms with Crippen molar-refractivity contribution in [1.29, 1.82) is 0 Å². The van der Waals surface area contributed by atoms with E-state index in [0.29, 0.717) is 11.3 Å². The van der Waals surface area contributed by atoms with E-state index in [9.17, 15) is 9.18 Å². The first kappa shape index (κ1) is 21.0. The van der Waals surface area contributed by atoms with Gasteiger partial charge in [-0.25, -0.2) is 4.39 Å². The van der Waals surface area contributed by atoms with Crippen molar-refractivity contribution in [2.45, 2.75) is 38.3 Å². The Labute approximate surface area is 171 Å². The molecule has 0 spiro atoms. The summed E-state index contributed by atoms with van der Waals surface area (Å²) in [4.78, 5) is 19.0. The molecule has 28 heavy (non-hydrogen) atoms. The summed E-state index contributed by atoms with van der Waals surface area (Å²) in [6.45, 7) is 4.41. The van der Waals surface area contributed by atoms with E-state index in [-0.39, 0.29) is 30.2 Å². The molecule has 1 amide bonds. The molecule has 0 saturated carbocycles. The second kappa shape index (κ2) is 9.63. The molecular formula is C21H28ClFN4O. The average molecular weight is 407 g/mol. The first-order valence-electron chi connectivity index (χ1n) is 9.96. The number of fused-ring (bicyclic) bond motifs is 1. The molecule has 2 saturated heterocycles. The smallest absolute Gasteiger partial charge is 0.237 e. The number of pyridine rings is 1. The van der Waals surface area contributed by atoms with E-state index in [1.165, 1.54) is 6.07 Å². The van der Waals surface area contributed by atoms with Gasteiger partial charge in [-0.3, -0.25) is 14.7 Å². The normalized spacial score (nSPS) is 22.8. The summed E-state index contributed by atoms with van der Waals surface area (Å²) < 4.78 is 14.0. The van der Waals surface area contributed by atoms with Gasteiger partial charge in [0, 0.05) is 31.2 Å². The zero-order valence-corrected chi connectivity index (χ0v) is 16.8. The van der Waals surface area contributed by atoms with Gasteiger partial charge in [-0.05, 0) is 68.5 Å². The summed E-state index contributed by atoms with van der Waals surface area (Å²) in [7, 11) is 0. The number of halogens is 2. The predicted octanol–water partition coefficient (Wildman–Crippen LogP) is 2.88. The molecule has 2 atom stereocenters. The predicted molar refractivity (Wildman–Crippen MR) is 111 cm³/mol. The Kier molecular flexibility index (Phi) is 7.21. The van der Waals surface area contributed by atoms with Gasteiger partial charge in [0.15, 0.2) is 0 Å².